The number of nitrogens with one attached hydrogen (secondary N) is 1. The molecule has 3 heterocycles. The first-order valence-corrected chi connectivity index (χ1v) is 9.20. The van der Waals surface area contributed by atoms with Crippen LogP contribution in [0.3, 0.4) is 0 Å². The van der Waals surface area contributed by atoms with Crippen LogP contribution in [0.15, 0.2) is 36.5 Å². The second-order valence-corrected chi connectivity index (χ2v) is 7.37. The first-order valence-electron chi connectivity index (χ1n) is 9.20. The summed E-state index contributed by atoms with van der Waals surface area (Å²) in [6.07, 6.45) is 8.15. The summed E-state index contributed by atoms with van der Waals surface area (Å²) in [6.45, 7) is 4.72. The predicted octanol–water partition coefficient (Wildman–Crippen LogP) is 2.96. The minimum atomic E-state index is 0.223. The summed E-state index contributed by atoms with van der Waals surface area (Å²) in [5.74, 6) is 1.27. The van der Waals surface area contributed by atoms with Crippen LogP contribution >= 0.6 is 0 Å². The van der Waals surface area contributed by atoms with Gasteiger partial charge in [-0.2, -0.15) is 0 Å². The fourth-order valence-corrected chi connectivity index (χ4v) is 4.03. The molecule has 1 atom stereocenters. The van der Waals surface area contributed by atoms with Crippen LogP contribution in [0.1, 0.15) is 36.3 Å². The van der Waals surface area contributed by atoms with Crippen LogP contribution in [0.25, 0.3) is 0 Å². The van der Waals surface area contributed by atoms with Crippen molar-refractivity contribution in [2.45, 2.75) is 45.2 Å². The molecule has 0 bridgehead atoms. The molecular weight excluding hydrogens is 298 g/mol. The Hall–Kier alpha value is -1.65. The number of rotatable bonds is 6. The van der Waals surface area contributed by atoms with E-state index in [0.717, 1.165) is 52.1 Å². The Morgan fingerprint density at radius 1 is 1.21 bits per heavy atom. The van der Waals surface area contributed by atoms with Crippen molar-refractivity contribution in [2.24, 2.45) is 5.41 Å². The number of imidazole rings is 1. The summed E-state index contributed by atoms with van der Waals surface area (Å²) < 4.78 is 8.07. The van der Waals surface area contributed by atoms with Gasteiger partial charge >= 0.3 is 0 Å². The van der Waals surface area contributed by atoms with Crippen molar-refractivity contribution in [3.8, 4) is 0 Å². The molecule has 1 N–H and O–H groups in total. The smallest absolute Gasteiger partial charge is 0.109 e. The molecule has 1 unspecified atom stereocenters. The van der Waals surface area contributed by atoms with Gasteiger partial charge in [-0.1, -0.05) is 30.3 Å². The van der Waals surface area contributed by atoms with E-state index in [9.17, 15) is 0 Å². The third-order valence-corrected chi connectivity index (χ3v) is 5.37. The van der Waals surface area contributed by atoms with Gasteiger partial charge in [0, 0.05) is 44.3 Å². The fourth-order valence-electron chi connectivity index (χ4n) is 4.03. The highest BCUT2D eigenvalue weighted by Crippen LogP contribution is 2.32. The van der Waals surface area contributed by atoms with E-state index in [1.165, 1.54) is 29.9 Å². The van der Waals surface area contributed by atoms with E-state index >= 15 is 0 Å². The molecule has 1 saturated heterocycles. The van der Waals surface area contributed by atoms with E-state index in [2.05, 4.69) is 46.4 Å². The van der Waals surface area contributed by atoms with Crippen LogP contribution in [-0.2, 0) is 30.7 Å². The minimum absolute atomic E-state index is 0.223. The van der Waals surface area contributed by atoms with Crippen LogP contribution in [0, 0.1) is 5.41 Å². The molecule has 1 aromatic carbocycles. The number of fused-ring (bicyclic) bond motifs is 1. The number of aryl methyl sites for hydroxylation is 2. The normalized spacial score (nSPS) is 23.3. The molecule has 4 nitrogen and oxygen atoms in total. The Bertz CT molecular complexity index is 635. The van der Waals surface area contributed by atoms with E-state index in [-0.39, 0.29) is 5.41 Å². The molecule has 4 rings (SSSR count). The van der Waals surface area contributed by atoms with Crippen molar-refractivity contribution >= 4 is 0 Å². The number of hydrogen-bond donors (Lipinski definition) is 1. The highest BCUT2D eigenvalue weighted by molar-refractivity contribution is 5.17. The zero-order valence-corrected chi connectivity index (χ0v) is 14.3. The van der Waals surface area contributed by atoms with E-state index < -0.39 is 0 Å². The number of nitrogens with zero attached hydrogens (tertiary/aromatic N) is 2. The van der Waals surface area contributed by atoms with E-state index in [1.807, 2.05) is 0 Å². The van der Waals surface area contributed by atoms with Crippen LogP contribution in [0.5, 0.6) is 0 Å². The second kappa shape index (κ2) is 7.08. The molecule has 0 radical (unpaired) electrons. The highest BCUT2D eigenvalue weighted by atomic mass is 16.5. The zero-order valence-electron chi connectivity index (χ0n) is 14.3. The Labute approximate surface area is 144 Å². The molecule has 128 valence electrons. The Balaban J connectivity index is 1.36. The number of ether oxygens (including phenoxy) is 1. The average molecular weight is 325 g/mol. The van der Waals surface area contributed by atoms with Gasteiger partial charge in [0.1, 0.15) is 5.82 Å². The zero-order chi connectivity index (χ0) is 16.2. The molecule has 0 spiro atoms. The summed E-state index contributed by atoms with van der Waals surface area (Å²) in [4.78, 5) is 4.79. The van der Waals surface area contributed by atoms with Gasteiger partial charge in [-0.15, -0.1) is 0 Å². The fraction of sp³-hybridized carbons (Fsp3) is 0.550. The molecule has 2 aromatic rings. The van der Waals surface area contributed by atoms with Gasteiger partial charge < -0.3 is 14.6 Å². The van der Waals surface area contributed by atoms with Crippen molar-refractivity contribution in [1.82, 2.24) is 14.9 Å². The molecule has 0 amide bonds. The van der Waals surface area contributed by atoms with Crippen LogP contribution in [0.4, 0.5) is 0 Å². The van der Waals surface area contributed by atoms with E-state index in [0.29, 0.717) is 0 Å². The van der Waals surface area contributed by atoms with Gasteiger partial charge in [0.2, 0.25) is 0 Å². The van der Waals surface area contributed by atoms with Gasteiger partial charge in [0.25, 0.3) is 0 Å². The van der Waals surface area contributed by atoms with Crippen LogP contribution < -0.4 is 5.32 Å². The van der Waals surface area contributed by atoms with Gasteiger partial charge in [0.15, 0.2) is 0 Å². The number of benzene rings is 1. The summed E-state index contributed by atoms with van der Waals surface area (Å²) in [6, 6.07) is 10.8. The summed E-state index contributed by atoms with van der Waals surface area (Å²) >= 11 is 0. The Morgan fingerprint density at radius 2 is 2.12 bits per heavy atom. The Kier molecular flexibility index (Phi) is 4.67. The molecule has 24 heavy (non-hydrogen) atoms. The number of aromatic nitrogens is 2. The summed E-state index contributed by atoms with van der Waals surface area (Å²) in [7, 11) is 0. The van der Waals surface area contributed by atoms with Gasteiger partial charge in [-0.3, -0.25) is 0 Å². The molecule has 4 heteroatoms. The van der Waals surface area contributed by atoms with Crippen molar-refractivity contribution in [3.05, 3.63) is 53.6 Å². The van der Waals surface area contributed by atoms with E-state index in [1.54, 1.807) is 0 Å². The quantitative estimate of drug-likeness (QED) is 0.887. The molecule has 2 aliphatic rings. The van der Waals surface area contributed by atoms with Crippen molar-refractivity contribution < 1.29 is 4.74 Å². The minimum Gasteiger partial charge on any atom is -0.381 e. The maximum absolute atomic E-state index is 5.74. The number of hydrogen-bond acceptors (Lipinski definition) is 3. The first-order chi connectivity index (χ1) is 11.8. The lowest BCUT2D eigenvalue weighted by atomic mass is 9.81. The molecule has 1 fully saturated rings. The average Bonchev–Trinajstić information content (AvgIpc) is 3.22. The molecule has 1 aromatic heterocycles. The largest absolute Gasteiger partial charge is 0.381 e. The highest BCUT2D eigenvalue weighted by Gasteiger charge is 2.34. The molecule has 2 aliphatic heterocycles. The van der Waals surface area contributed by atoms with Crippen molar-refractivity contribution in [2.75, 3.05) is 19.8 Å². The van der Waals surface area contributed by atoms with E-state index in [4.69, 9.17) is 9.72 Å². The molecular formula is C20H27N3O. The monoisotopic (exact) mass is 325 g/mol. The van der Waals surface area contributed by atoms with Crippen molar-refractivity contribution in [3.63, 3.8) is 0 Å². The lowest BCUT2D eigenvalue weighted by Gasteiger charge is -2.28. The van der Waals surface area contributed by atoms with Crippen LogP contribution in [-0.4, -0.2) is 29.3 Å². The lowest BCUT2D eigenvalue weighted by Crippen LogP contribution is -2.36. The summed E-state index contributed by atoms with van der Waals surface area (Å²) in [5, 5.41) is 3.66. The maximum Gasteiger partial charge on any atom is 0.109 e. The second-order valence-electron chi connectivity index (χ2n) is 7.37. The topological polar surface area (TPSA) is 39.1 Å². The molecule has 0 saturated carbocycles. The van der Waals surface area contributed by atoms with Gasteiger partial charge in [-0.25, -0.2) is 4.98 Å². The first kappa shape index (κ1) is 15.9. The SMILES string of the molecule is c1ccc(CC2(CNCc3cn4c(n3)CCCC4)CCOC2)cc1. The Morgan fingerprint density at radius 3 is 2.92 bits per heavy atom. The lowest BCUT2D eigenvalue weighted by molar-refractivity contribution is 0.149. The van der Waals surface area contributed by atoms with Gasteiger partial charge in [-0.05, 0) is 31.2 Å². The van der Waals surface area contributed by atoms with Crippen molar-refractivity contribution in [1.29, 1.82) is 0 Å². The maximum atomic E-state index is 5.74. The third kappa shape index (κ3) is 3.55. The standard InChI is InChI=1S/C20H27N3O/c1-2-6-17(7-3-1)12-20(9-11-24-16-20)15-21-13-18-14-23-10-5-4-8-19(23)22-18/h1-3,6-7,14,21H,4-5,8-13,15-16H2. The predicted molar refractivity (Wildman–Crippen MR) is 94.9 cm³/mol. The van der Waals surface area contributed by atoms with Crippen LogP contribution in [0.2, 0.25) is 0 Å². The van der Waals surface area contributed by atoms with Gasteiger partial charge in [0.05, 0.1) is 12.3 Å². The third-order valence-electron chi connectivity index (χ3n) is 5.37. The summed E-state index contributed by atoms with van der Waals surface area (Å²) in [5.41, 5.74) is 2.81. The molecule has 0 aliphatic carbocycles.